The molecule has 0 aliphatic carbocycles. The molecule has 0 spiro atoms. The zero-order valence-electron chi connectivity index (χ0n) is 10.0. The number of rotatable bonds is 4. The Morgan fingerprint density at radius 1 is 1.33 bits per heavy atom. The van der Waals surface area contributed by atoms with Gasteiger partial charge in [-0.15, -0.1) is 11.3 Å². The number of benzene rings is 1. The van der Waals surface area contributed by atoms with Crippen LogP contribution in [0.2, 0.25) is 5.02 Å². The van der Waals surface area contributed by atoms with Crippen molar-refractivity contribution >= 4 is 22.9 Å². The predicted octanol–water partition coefficient (Wildman–Crippen LogP) is 4.05. The van der Waals surface area contributed by atoms with Gasteiger partial charge < -0.3 is 5.32 Å². The van der Waals surface area contributed by atoms with Gasteiger partial charge in [0, 0.05) is 16.4 Å². The molecule has 1 N–H and O–H groups in total. The summed E-state index contributed by atoms with van der Waals surface area (Å²) in [5.41, 5.74) is 2.16. The largest absolute Gasteiger partial charge is 0.313 e. The second kappa shape index (κ2) is 6.01. The molecule has 4 heteroatoms. The van der Waals surface area contributed by atoms with Crippen LogP contribution < -0.4 is 5.32 Å². The van der Waals surface area contributed by atoms with Gasteiger partial charge in [-0.25, -0.2) is 0 Å². The monoisotopic (exact) mass is 276 g/mol. The lowest BCUT2D eigenvalue weighted by molar-refractivity contribution is 0.727. The standard InChI is InChI=1S/C14H13ClN2S/c1-2-17-9-11-4-3-10(7-13(11)15)14-6-5-12(8-16)18-14/h3-7,17H,2,9H2,1H3. The molecule has 92 valence electrons. The summed E-state index contributed by atoms with van der Waals surface area (Å²) in [5, 5.41) is 12.8. The van der Waals surface area contributed by atoms with E-state index in [0.29, 0.717) is 0 Å². The Kier molecular flexibility index (Phi) is 4.38. The Labute approximate surface area is 116 Å². The van der Waals surface area contributed by atoms with Crippen molar-refractivity contribution in [3.8, 4) is 16.5 Å². The van der Waals surface area contributed by atoms with E-state index in [1.165, 1.54) is 11.3 Å². The van der Waals surface area contributed by atoms with Gasteiger partial charge in [0.25, 0.3) is 0 Å². The van der Waals surface area contributed by atoms with Gasteiger partial charge in [0.1, 0.15) is 10.9 Å². The molecule has 1 heterocycles. The third-order valence-corrected chi connectivity index (χ3v) is 4.01. The average molecular weight is 277 g/mol. The summed E-state index contributed by atoms with van der Waals surface area (Å²) >= 11 is 7.74. The quantitative estimate of drug-likeness (QED) is 0.914. The molecule has 0 atom stereocenters. The zero-order chi connectivity index (χ0) is 13.0. The second-order valence-electron chi connectivity index (χ2n) is 3.86. The molecule has 0 radical (unpaired) electrons. The molecule has 0 saturated heterocycles. The summed E-state index contributed by atoms with van der Waals surface area (Å²) in [7, 11) is 0. The first-order valence-electron chi connectivity index (χ1n) is 5.74. The van der Waals surface area contributed by atoms with Crippen molar-refractivity contribution in [2.45, 2.75) is 13.5 Å². The molecule has 1 aromatic heterocycles. The Hall–Kier alpha value is -1.34. The maximum Gasteiger partial charge on any atom is 0.110 e. The van der Waals surface area contributed by atoms with Crippen molar-refractivity contribution in [2.75, 3.05) is 6.54 Å². The SMILES string of the molecule is CCNCc1ccc(-c2ccc(C#N)s2)cc1Cl. The summed E-state index contributed by atoms with van der Waals surface area (Å²) in [5.74, 6) is 0. The molecular formula is C14H13ClN2S. The van der Waals surface area contributed by atoms with E-state index in [9.17, 15) is 0 Å². The lowest BCUT2D eigenvalue weighted by atomic mass is 10.1. The molecule has 2 rings (SSSR count). The van der Waals surface area contributed by atoms with Crippen LogP contribution in [-0.2, 0) is 6.54 Å². The minimum Gasteiger partial charge on any atom is -0.313 e. The Morgan fingerprint density at radius 2 is 2.17 bits per heavy atom. The highest BCUT2D eigenvalue weighted by Crippen LogP contribution is 2.30. The van der Waals surface area contributed by atoms with E-state index >= 15 is 0 Å². The third kappa shape index (κ3) is 2.91. The maximum absolute atomic E-state index is 8.82. The van der Waals surface area contributed by atoms with E-state index in [0.717, 1.165) is 39.0 Å². The summed E-state index contributed by atoms with van der Waals surface area (Å²) in [6.45, 7) is 3.77. The van der Waals surface area contributed by atoms with Crippen LogP contribution in [0.5, 0.6) is 0 Å². The number of hydrogen-bond donors (Lipinski definition) is 1. The molecule has 0 amide bonds. The molecule has 2 nitrogen and oxygen atoms in total. The van der Waals surface area contributed by atoms with Gasteiger partial charge in [-0.05, 0) is 35.9 Å². The molecule has 0 aliphatic rings. The fourth-order valence-electron chi connectivity index (χ4n) is 1.66. The lowest BCUT2D eigenvalue weighted by Gasteiger charge is -2.06. The maximum atomic E-state index is 8.82. The Morgan fingerprint density at radius 3 is 2.78 bits per heavy atom. The molecule has 0 unspecified atom stereocenters. The Balaban J connectivity index is 2.25. The minimum atomic E-state index is 0.720. The normalized spacial score (nSPS) is 10.3. The lowest BCUT2D eigenvalue weighted by Crippen LogP contribution is -2.11. The van der Waals surface area contributed by atoms with Gasteiger partial charge in [-0.1, -0.05) is 30.7 Å². The Bertz CT molecular complexity index is 584. The van der Waals surface area contributed by atoms with Gasteiger partial charge in [0.05, 0.1) is 0 Å². The van der Waals surface area contributed by atoms with Gasteiger partial charge in [-0.2, -0.15) is 5.26 Å². The van der Waals surface area contributed by atoms with E-state index in [2.05, 4.69) is 18.3 Å². The molecule has 0 bridgehead atoms. The van der Waals surface area contributed by atoms with Crippen molar-refractivity contribution in [1.29, 1.82) is 5.26 Å². The fraction of sp³-hybridized carbons (Fsp3) is 0.214. The minimum absolute atomic E-state index is 0.720. The van der Waals surface area contributed by atoms with E-state index in [1.54, 1.807) is 0 Å². The molecule has 18 heavy (non-hydrogen) atoms. The molecule has 0 saturated carbocycles. The van der Waals surface area contributed by atoms with Crippen LogP contribution in [0.15, 0.2) is 30.3 Å². The van der Waals surface area contributed by atoms with Crippen molar-refractivity contribution < 1.29 is 0 Å². The van der Waals surface area contributed by atoms with E-state index in [1.807, 2.05) is 30.3 Å². The van der Waals surface area contributed by atoms with Crippen LogP contribution in [0.1, 0.15) is 17.4 Å². The smallest absolute Gasteiger partial charge is 0.110 e. The average Bonchev–Trinajstić information content (AvgIpc) is 2.86. The van der Waals surface area contributed by atoms with Gasteiger partial charge in [0.2, 0.25) is 0 Å². The summed E-state index contributed by atoms with van der Waals surface area (Å²) in [6.07, 6.45) is 0. The fourth-order valence-corrected chi connectivity index (χ4v) is 2.70. The first-order chi connectivity index (χ1) is 8.74. The molecule has 1 aromatic carbocycles. The summed E-state index contributed by atoms with van der Waals surface area (Å²) in [4.78, 5) is 1.79. The van der Waals surface area contributed by atoms with Crippen LogP contribution >= 0.6 is 22.9 Å². The third-order valence-electron chi connectivity index (χ3n) is 2.62. The van der Waals surface area contributed by atoms with Gasteiger partial charge in [-0.3, -0.25) is 0 Å². The highest BCUT2D eigenvalue weighted by molar-refractivity contribution is 7.16. The van der Waals surface area contributed by atoms with Crippen LogP contribution in [-0.4, -0.2) is 6.54 Å². The van der Waals surface area contributed by atoms with Crippen molar-refractivity contribution in [2.24, 2.45) is 0 Å². The molecular weight excluding hydrogens is 264 g/mol. The van der Waals surface area contributed by atoms with E-state index < -0.39 is 0 Å². The van der Waals surface area contributed by atoms with Gasteiger partial charge >= 0.3 is 0 Å². The summed E-state index contributed by atoms with van der Waals surface area (Å²) < 4.78 is 0. The highest BCUT2D eigenvalue weighted by Gasteiger charge is 2.06. The van der Waals surface area contributed by atoms with Gasteiger partial charge in [0.15, 0.2) is 0 Å². The number of halogens is 1. The second-order valence-corrected chi connectivity index (χ2v) is 5.35. The molecule has 0 fully saturated rings. The zero-order valence-corrected chi connectivity index (χ0v) is 11.6. The topological polar surface area (TPSA) is 35.8 Å². The highest BCUT2D eigenvalue weighted by atomic mass is 35.5. The van der Waals surface area contributed by atoms with Crippen molar-refractivity contribution in [1.82, 2.24) is 5.32 Å². The van der Waals surface area contributed by atoms with Crippen LogP contribution in [0.4, 0.5) is 0 Å². The van der Waals surface area contributed by atoms with Crippen molar-refractivity contribution in [3.63, 3.8) is 0 Å². The predicted molar refractivity (Wildman–Crippen MR) is 76.9 cm³/mol. The number of hydrogen-bond acceptors (Lipinski definition) is 3. The number of nitrogens with zero attached hydrogens (tertiary/aromatic N) is 1. The number of thiophene rings is 1. The molecule has 0 aliphatic heterocycles. The van der Waals surface area contributed by atoms with E-state index in [4.69, 9.17) is 16.9 Å². The van der Waals surface area contributed by atoms with Crippen molar-refractivity contribution in [3.05, 3.63) is 45.8 Å². The first-order valence-corrected chi connectivity index (χ1v) is 6.93. The first kappa shape index (κ1) is 13.1. The van der Waals surface area contributed by atoms with E-state index in [-0.39, 0.29) is 0 Å². The summed E-state index contributed by atoms with van der Waals surface area (Å²) in [6, 6.07) is 12.0. The number of nitriles is 1. The number of nitrogens with one attached hydrogen (secondary N) is 1. The van der Waals surface area contributed by atoms with Crippen LogP contribution in [0.25, 0.3) is 10.4 Å². The van der Waals surface area contributed by atoms with Crippen LogP contribution in [0, 0.1) is 11.3 Å². The molecule has 2 aromatic rings. The van der Waals surface area contributed by atoms with Crippen LogP contribution in [0.3, 0.4) is 0 Å².